The van der Waals surface area contributed by atoms with Gasteiger partial charge in [0.25, 0.3) is 5.91 Å². The molecule has 1 heterocycles. The topological polar surface area (TPSA) is 56.1 Å². The standard InChI is InChI=1S/C25H30ClN3O2/c1-18(27-24(30)17-31-21-13-11-20(26)12-14-21)25-28-22-9-5-6-10-23(22)29(25)16-15-19-7-3-2-4-8-19/h5-6,9-14,18-19H,2-4,7-8,15-17H2,1H3,(H,27,30). The average molecular weight is 440 g/mol. The number of fused-ring (bicyclic) bond motifs is 1. The van der Waals surface area contributed by atoms with Crippen molar-refractivity contribution in [3.05, 3.63) is 59.4 Å². The Labute approximate surface area is 188 Å². The third kappa shape index (κ3) is 5.59. The predicted octanol–water partition coefficient (Wildman–Crippen LogP) is 5.92. The molecule has 1 atom stereocenters. The lowest BCUT2D eigenvalue weighted by molar-refractivity contribution is -0.123. The highest BCUT2D eigenvalue weighted by molar-refractivity contribution is 6.30. The number of imidazole rings is 1. The van der Waals surface area contributed by atoms with Crippen molar-refractivity contribution in [2.24, 2.45) is 5.92 Å². The molecule has 1 aromatic heterocycles. The van der Waals surface area contributed by atoms with Crippen molar-refractivity contribution in [3.8, 4) is 5.75 Å². The van der Waals surface area contributed by atoms with Gasteiger partial charge >= 0.3 is 0 Å². The molecule has 31 heavy (non-hydrogen) atoms. The summed E-state index contributed by atoms with van der Waals surface area (Å²) in [7, 11) is 0. The molecule has 0 bridgehead atoms. The van der Waals surface area contributed by atoms with Gasteiger partial charge in [0.05, 0.1) is 17.1 Å². The Bertz CT molecular complexity index is 1010. The third-order valence-electron chi connectivity index (χ3n) is 6.12. The zero-order valence-electron chi connectivity index (χ0n) is 18.0. The van der Waals surface area contributed by atoms with E-state index in [1.807, 2.05) is 25.1 Å². The first-order valence-corrected chi connectivity index (χ1v) is 11.6. The molecule has 6 heteroatoms. The number of carbonyl (C=O) groups is 1. The molecule has 1 amide bonds. The van der Waals surface area contributed by atoms with Gasteiger partial charge in [-0.3, -0.25) is 4.79 Å². The number of rotatable bonds is 8. The Morgan fingerprint density at radius 1 is 1.16 bits per heavy atom. The van der Waals surface area contributed by atoms with Crippen LogP contribution in [0.2, 0.25) is 5.02 Å². The van der Waals surface area contributed by atoms with Crippen LogP contribution in [-0.4, -0.2) is 22.1 Å². The minimum Gasteiger partial charge on any atom is -0.484 e. The molecule has 164 valence electrons. The van der Waals surface area contributed by atoms with Crippen molar-refractivity contribution in [1.29, 1.82) is 0 Å². The largest absolute Gasteiger partial charge is 0.484 e. The number of nitrogens with zero attached hydrogens (tertiary/aromatic N) is 2. The fraction of sp³-hybridized carbons (Fsp3) is 0.440. The smallest absolute Gasteiger partial charge is 0.258 e. The van der Waals surface area contributed by atoms with Crippen molar-refractivity contribution in [3.63, 3.8) is 0 Å². The molecule has 4 rings (SSSR count). The van der Waals surface area contributed by atoms with Crippen LogP contribution >= 0.6 is 11.6 Å². The van der Waals surface area contributed by atoms with Crippen molar-refractivity contribution in [1.82, 2.24) is 14.9 Å². The molecule has 1 unspecified atom stereocenters. The second kappa shape index (κ2) is 10.2. The predicted molar refractivity (Wildman–Crippen MR) is 124 cm³/mol. The minimum atomic E-state index is -0.208. The number of ether oxygens (including phenoxy) is 1. The van der Waals surface area contributed by atoms with E-state index in [-0.39, 0.29) is 18.6 Å². The number of aromatic nitrogens is 2. The van der Waals surface area contributed by atoms with E-state index in [9.17, 15) is 4.79 Å². The number of aryl methyl sites for hydroxylation is 1. The SMILES string of the molecule is CC(NC(=O)COc1ccc(Cl)cc1)c1nc2ccccc2n1CCC1CCCCC1. The number of benzene rings is 2. The van der Waals surface area contributed by atoms with Crippen LogP contribution in [-0.2, 0) is 11.3 Å². The van der Waals surface area contributed by atoms with E-state index < -0.39 is 0 Å². The van der Waals surface area contributed by atoms with Gasteiger partial charge in [0.15, 0.2) is 6.61 Å². The second-order valence-corrected chi connectivity index (χ2v) is 8.87. The van der Waals surface area contributed by atoms with Crippen LogP contribution in [0.15, 0.2) is 48.5 Å². The summed E-state index contributed by atoms with van der Waals surface area (Å²) in [6, 6.07) is 15.0. The molecule has 1 fully saturated rings. The summed E-state index contributed by atoms with van der Waals surface area (Å²) < 4.78 is 7.86. The van der Waals surface area contributed by atoms with E-state index in [2.05, 4.69) is 16.0 Å². The Morgan fingerprint density at radius 2 is 1.90 bits per heavy atom. The fourth-order valence-corrected chi connectivity index (χ4v) is 4.60. The van der Waals surface area contributed by atoms with Gasteiger partial charge in [-0.25, -0.2) is 4.98 Å². The first kappa shape index (κ1) is 21.7. The van der Waals surface area contributed by atoms with Crippen LogP contribution in [0.1, 0.15) is 57.3 Å². The van der Waals surface area contributed by atoms with Crippen molar-refractivity contribution < 1.29 is 9.53 Å². The molecule has 1 aliphatic carbocycles. The van der Waals surface area contributed by atoms with Gasteiger partial charge in [-0.15, -0.1) is 0 Å². The number of para-hydroxylation sites is 2. The molecular weight excluding hydrogens is 410 g/mol. The van der Waals surface area contributed by atoms with E-state index >= 15 is 0 Å². The molecule has 0 saturated heterocycles. The van der Waals surface area contributed by atoms with Gasteiger partial charge in [0, 0.05) is 11.6 Å². The van der Waals surface area contributed by atoms with Crippen molar-refractivity contribution in [2.45, 2.75) is 58.0 Å². The molecule has 0 aliphatic heterocycles. The lowest BCUT2D eigenvalue weighted by atomic mass is 9.87. The maximum Gasteiger partial charge on any atom is 0.258 e. The average Bonchev–Trinajstić information content (AvgIpc) is 3.17. The maximum absolute atomic E-state index is 12.5. The van der Waals surface area contributed by atoms with E-state index in [1.165, 1.54) is 32.1 Å². The van der Waals surface area contributed by atoms with Crippen LogP contribution in [0, 0.1) is 5.92 Å². The van der Waals surface area contributed by atoms with Gasteiger partial charge in [-0.1, -0.05) is 55.8 Å². The summed E-state index contributed by atoms with van der Waals surface area (Å²) in [6.45, 7) is 2.87. The fourth-order valence-electron chi connectivity index (χ4n) is 4.47. The van der Waals surface area contributed by atoms with E-state index in [0.717, 1.165) is 35.7 Å². The van der Waals surface area contributed by atoms with Crippen molar-refractivity contribution in [2.75, 3.05) is 6.61 Å². The monoisotopic (exact) mass is 439 g/mol. The summed E-state index contributed by atoms with van der Waals surface area (Å²) in [5, 5.41) is 3.68. The Balaban J connectivity index is 1.42. The zero-order chi connectivity index (χ0) is 21.6. The highest BCUT2D eigenvalue weighted by Crippen LogP contribution is 2.28. The Hall–Kier alpha value is -2.53. The van der Waals surface area contributed by atoms with Gasteiger partial charge < -0.3 is 14.6 Å². The Kier molecular flexibility index (Phi) is 7.13. The molecule has 1 N–H and O–H groups in total. The number of carbonyl (C=O) groups excluding carboxylic acids is 1. The van der Waals surface area contributed by atoms with Gasteiger partial charge in [-0.05, 0) is 55.7 Å². The number of amides is 1. The summed E-state index contributed by atoms with van der Waals surface area (Å²) in [4.78, 5) is 17.3. The number of nitrogens with one attached hydrogen (secondary N) is 1. The highest BCUT2D eigenvalue weighted by Gasteiger charge is 2.20. The summed E-state index contributed by atoms with van der Waals surface area (Å²) >= 11 is 5.89. The van der Waals surface area contributed by atoms with E-state index in [1.54, 1.807) is 24.3 Å². The quantitative estimate of drug-likeness (QED) is 0.474. The molecule has 1 saturated carbocycles. The molecule has 5 nitrogen and oxygen atoms in total. The zero-order valence-corrected chi connectivity index (χ0v) is 18.8. The molecule has 0 spiro atoms. The van der Waals surface area contributed by atoms with Crippen LogP contribution < -0.4 is 10.1 Å². The summed E-state index contributed by atoms with van der Waals surface area (Å²) in [6.07, 6.45) is 7.89. The lowest BCUT2D eigenvalue weighted by Gasteiger charge is -2.23. The first-order valence-electron chi connectivity index (χ1n) is 11.2. The molecule has 1 aliphatic rings. The number of hydrogen-bond donors (Lipinski definition) is 1. The van der Waals surface area contributed by atoms with Gasteiger partial charge in [0.1, 0.15) is 11.6 Å². The molecule has 0 radical (unpaired) electrons. The van der Waals surface area contributed by atoms with Crippen LogP contribution in [0.3, 0.4) is 0 Å². The maximum atomic E-state index is 12.5. The molecular formula is C25H30ClN3O2. The van der Waals surface area contributed by atoms with E-state index in [0.29, 0.717) is 10.8 Å². The lowest BCUT2D eigenvalue weighted by Crippen LogP contribution is -2.32. The van der Waals surface area contributed by atoms with Crippen LogP contribution in [0.5, 0.6) is 5.75 Å². The first-order chi connectivity index (χ1) is 15.1. The van der Waals surface area contributed by atoms with Gasteiger partial charge in [-0.2, -0.15) is 0 Å². The number of hydrogen-bond acceptors (Lipinski definition) is 3. The van der Waals surface area contributed by atoms with Crippen LogP contribution in [0.4, 0.5) is 0 Å². The van der Waals surface area contributed by atoms with Gasteiger partial charge in [0.2, 0.25) is 0 Å². The summed E-state index contributed by atoms with van der Waals surface area (Å²) in [5.41, 5.74) is 2.10. The molecule has 3 aromatic rings. The van der Waals surface area contributed by atoms with Crippen LogP contribution in [0.25, 0.3) is 11.0 Å². The van der Waals surface area contributed by atoms with Crippen molar-refractivity contribution >= 4 is 28.5 Å². The number of halogens is 1. The Morgan fingerprint density at radius 3 is 2.68 bits per heavy atom. The third-order valence-corrected chi connectivity index (χ3v) is 6.37. The minimum absolute atomic E-state index is 0.0473. The normalized spacial score (nSPS) is 15.7. The summed E-state index contributed by atoms with van der Waals surface area (Å²) in [5.74, 6) is 2.14. The molecule has 2 aromatic carbocycles. The second-order valence-electron chi connectivity index (χ2n) is 8.43. The van der Waals surface area contributed by atoms with E-state index in [4.69, 9.17) is 21.3 Å². The highest BCUT2D eigenvalue weighted by atomic mass is 35.5.